The molecule has 0 amide bonds. The molecule has 0 saturated heterocycles. The number of pyridine rings is 1. The lowest BCUT2D eigenvalue weighted by molar-refractivity contribution is 0.145. The molecule has 4 heteroatoms. The van der Waals surface area contributed by atoms with E-state index in [0.29, 0.717) is 17.2 Å². The van der Waals surface area contributed by atoms with Crippen molar-refractivity contribution in [3.05, 3.63) is 65.0 Å². The molecular formula is C23H28F2N2. The van der Waals surface area contributed by atoms with Gasteiger partial charge in [-0.15, -0.1) is 0 Å². The van der Waals surface area contributed by atoms with Crippen LogP contribution in [0.25, 0.3) is 5.70 Å². The van der Waals surface area contributed by atoms with Gasteiger partial charge in [0.05, 0.1) is 0 Å². The van der Waals surface area contributed by atoms with Crippen LogP contribution < -0.4 is 5.32 Å². The molecule has 1 aromatic carbocycles. The predicted molar refractivity (Wildman–Crippen MR) is 108 cm³/mol. The van der Waals surface area contributed by atoms with Crippen LogP contribution in [-0.2, 0) is 5.41 Å². The molecular weight excluding hydrogens is 342 g/mol. The number of anilines is 1. The second-order valence-electron chi connectivity index (χ2n) is 7.85. The van der Waals surface area contributed by atoms with Gasteiger partial charge in [0, 0.05) is 23.1 Å². The molecule has 0 saturated carbocycles. The Hall–Kier alpha value is -2.23. The smallest absolute Gasteiger partial charge is 0.281 e. The van der Waals surface area contributed by atoms with Gasteiger partial charge in [-0.25, -0.2) is 8.78 Å². The van der Waals surface area contributed by atoms with Crippen molar-refractivity contribution in [1.29, 1.82) is 0 Å². The highest BCUT2D eigenvalue weighted by Crippen LogP contribution is 2.50. The number of hydrogen-bond acceptors (Lipinski definition) is 2. The van der Waals surface area contributed by atoms with Crippen LogP contribution in [0.2, 0.25) is 0 Å². The molecule has 1 heterocycles. The first-order chi connectivity index (χ1) is 12.9. The molecule has 1 aliphatic rings. The van der Waals surface area contributed by atoms with Gasteiger partial charge in [-0.05, 0) is 59.9 Å². The molecule has 2 nitrogen and oxygen atoms in total. The first-order valence-corrected chi connectivity index (χ1v) is 9.73. The van der Waals surface area contributed by atoms with Gasteiger partial charge in [-0.3, -0.25) is 4.98 Å². The number of hydrogen-bond donors (Lipinski definition) is 1. The van der Waals surface area contributed by atoms with Gasteiger partial charge < -0.3 is 5.32 Å². The summed E-state index contributed by atoms with van der Waals surface area (Å²) >= 11 is 0. The van der Waals surface area contributed by atoms with Gasteiger partial charge >= 0.3 is 0 Å². The molecule has 0 aliphatic heterocycles. The first kappa shape index (κ1) is 19.5. The second-order valence-corrected chi connectivity index (χ2v) is 7.85. The average Bonchev–Trinajstić information content (AvgIpc) is 2.93. The van der Waals surface area contributed by atoms with E-state index in [1.807, 2.05) is 13.0 Å². The molecule has 1 unspecified atom stereocenters. The summed E-state index contributed by atoms with van der Waals surface area (Å²) in [6, 6.07) is 9.74. The topological polar surface area (TPSA) is 24.9 Å². The van der Waals surface area contributed by atoms with Crippen LogP contribution in [0.1, 0.15) is 81.7 Å². The molecule has 0 radical (unpaired) electrons. The van der Waals surface area contributed by atoms with Crippen LogP contribution in [0, 0.1) is 0 Å². The van der Waals surface area contributed by atoms with Crippen LogP contribution in [0.3, 0.4) is 0 Å². The summed E-state index contributed by atoms with van der Waals surface area (Å²) in [4.78, 5) is 3.92. The third-order valence-corrected chi connectivity index (χ3v) is 5.51. The largest absolute Gasteiger partial charge is 0.355 e. The van der Waals surface area contributed by atoms with E-state index in [0.717, 1.165) is 24.9 Å². The Morgan fingerprint density at radius 2 is 2.04 bits per heavy atom. The zero-order valence-corrected chi connectivity index (χ0v) is 16.5. The van der Waals surface area contributed by atoms with Gasteiger partial charge in [0.1, 0.15) is 5.69 Å². The van der Waals surface area contributed by atoms with Crippen LogP contribution in [0.5, 0.6) is 0 Å². The highest BCUT2D eigenvalue weighted by molar-refractivity contribution is 5.80. The van der Waals surface area contributed by atoms with Crippen LogP contribution in [0.15, 0.2) is 42.6 Å². The summed E-state index contributed by atoms with van der Waals surface area (Å²) in [7, 11) is 0. The van der Waals surface area contributed by atoms with Crippen molar-refractivity contribution in [2.24, 2.45) is 0 Å². The van der Waals surface area contributed by atoms with Crippen molar-refractivity contribution in [3.63, 3.8) is 0 Å². The number of aromatic nitrogens is 1. The van der Waals surface area contributed by atoms with Gasteiger partial charge in [0.25, 0.3) is 6.43 Å². The van der Waals surface area contributed by atoms with E-state index in [1.54, 1.807) is 12.1 Å². The highest BCUT2D eigenvalue weighted by atomic mass is 19.3. The Bertz CT molecular complexity index is 840. The summed E-state index contributed by atoms with van der Waals surface area (Å²) < 4.78 is 27.0. The minimum absolute atomic E-state index is 0.130. The van der Waals surface area contributed by atoms with E-state index in [-0.39, 0.29) is 11.1 Å². The van der Waals surface area contributed by atoms with Gasteiger partial charge in [0.2, 0.25) is 0 Å². The molecule has 144 valence electrons. The van der Waals surface area contributed by atoms with Crippen LogP contribution in [-0.4, -0.2) is 4.98 Å². The van der Waals surface area contributed by atoms with Crippen LogP contribution in [0.4, 0.5) is 14.5 Å². The fourth-order valence-corrected chi connectivity index (χ4v) is 4.28. The maximum atomic E-state index is 13.5. The highest BCUT2D eigenvalue weighted by Gasteiger charge is 2.37. The Morgan fingerprint density at radius 3 is 2.70 bits per heavy atom. The molecule has 27 heavy (non-hydrogen) atoms. The number of alkyl halides is 2. The summed E-state index contributed by atoms with van der Waals surface area (Å²) in [5.41, 5.74) is 4.83. The van der Waals surface area contributed by atoms with Gasteiger partial charge in [-0.1, -0.05) is 45.9 Å². The monoisotopic (exact) mass is 370 g/mol. The summed E-state index contributed by atoms with van der Waals surface area (Å²) in [6.45, 7) is 8.78. The normalized spacial score (nSPS) is 18.6. The third kappa shape index (κ3) is 3.76. The minimum atomic E-state index is -2.60. The minimum Gasteiger partial charge on any atom is -0.355 e. The van der Waals surface area contributed by atoms with E-state index in [1.165, 1.54) is 17.3 Å². The zero-order valence-electron chi connectivity index (χ0n) is 16.5. The molecule has 0 spiro atoms. The van der Waals surface area contributed by atoms with Crippen molar-refractivity contribution in [1.82, 2.24) is 4.98 Å². The van der Waals surface area contributed by atoms with E-state index < -0.39 is 6.43 Å². The van der Waals surface area contributed by atoms with Gasteiger partial charge in [0.15, 0.2) is 0 Å². The Morgan fingerprint density at radius 1 is 1.26 bits per heavy atom. The number of benzene rings is 1. The Balaban J connectivity index is 2.06. The summed E-state index contributed by atoms with van der Waals surface area (Å²) in [5, 5.41) is 3.48. The molecule has 3 rings (SSSR count). The molecule has 2 aromatic rings. The van der Waals surface area contributed by atoms with E-state index in [4.69, 9.17) is 0 Å². The Kier molecular flexibility index (Phi) is 5.64. The van der Waals surface area contributed by atoms with Crippen molar-refractivity contribution in [2.75, 3.05) is 5.32 Å². The number of rotatable bonds is 6. The maximum absolute atomic E-state index is 13.5. The van der Waals surface area contributed by atoms with Crippen molar-refractivity contribution < 1.29 is 8.78 Å². The molecule has 1 aromatic heterocycles. The predicted octanol–water partition coefficient (Wildman–Crippen LogP) is 7.06. The number of nitrogens with one attached hydrogen (secondary N) is 1. The molecule has 0 bridgehead atoms. The molecule has 1 aliphatic carbocycles. The fourth-order valence-electron chi connectivity index (χ4n) is 4.28. The number of allylic oxidation sites excluding steroid dienone is 1. The Labute approximate surface area is 160 Å². The molecule has 1 N–H and O–H groups in total. The number of halogens is 2. The van der Waals surface area contributed by atoms with E-state index in [2.05, 4.69) is 49.3 Å². The summed E-state index contributed by atoms with van der Waals surface area (Å²) in [5.74, 6) is 0.477. The SMILES string of the molecule is CCC=C(Nc1cccc2c1C(CC)CC2(C)C)c1cccnc1C(F)F. The van der Waals surface area contributed by atoms with Crippen molar-refractivity contribution in [3.8, 4) is 0 Å². The van der Waals surface area contributed by atoms with Crippen molar-refractivity contribution >= 4 is 11.4 Å². The summed E-state index contributed by atoms with van der Waals surface area (Å²) in [6.07, 6.45) is 3.70. The van der Waals surface area contributed by atoms with Crippen molar-refractivity contribution in [2.45, 2.75) is 64.7 Å². The number of nitrogens with zero attached hydrogens (tertiary/aromatic N) is 1. The molecule has 1 atom stereocenters. The first-order valence-electron chi connectivity index (χ1n) is 9.73. The fraction of sp³-hybridized carbons (Fsp3) is 0.435. The average molecular weight is 370 g/mol. The lowest BCUT2D eigenvalue weighted by Gasteiger charge is -2.21. The number of fused-ring (bicyclic) bond motifs is 1. The van der Waals surface area contributed by atoms with E-state index >= 15 is 0 Å². The van der Waals surface area contributed by atoms with Gasteiger partial charge in [-0.2, -0.15) is 0 Å². The quantitative estimate of drug-likeness (QED) is 0.589. The third-order valence-electron chi connectivity index (χ3n) is 5.51. The standard InChI is InChI=1S/C23H28F2N2/c1-5-9-18(16-10-8-13-26-21(16)22(24)25)27-19-12-7-11-17-20(19)15(6-2)14-23(17,3)4/h7-13,15,22,27H,5-6,14H2,1-4H3. The maximum Gasteiger partial charge on any atom is 0.281 e. The lowest BCUT2D eigenvalue weighted by Crippen LogP contribution is -2.12. The lowest BCUT2D eigenvalue weighted by atomic mass is 9.86. The zero-order chi connectivity index (χ0) is 19.6. The molecule has 0 fully saturated rings. The van der Waals surface area contributed by atoms with E-state index in [9.17, 15) is 8.78 Å². The second kappa shape index (κ2) is 7.79. The van der Waals surface area contributed by atoms with Crippen LogP contribution >= 0.6 is 0 Å².